The summed E-state index contributed by atoms with van der Waals surface area (Å²) >= 11 is 0. The molecule has 2 heteroatoms. The number of hydrogen-bond donors (Lipinski definition) is 1. The number of hydrogen-bond acceptors (Lipinski definition) is 2. The Bertz CT molecular complexity index is 452. The van der Waals surface area contributed by atoms with Crippen molar-refractivity contribution in [3.63, 3.8) is 0 Å². The van der Waals surface area contributed by atoms with E-state index in [0.29, 0.717) is 0 Å². The van der Waals surface area contributed by atoms with E-state index in [9.17, 15) is 0 Å². The van der Waals surface area contributed by atoms with E-state index in [1.807, 2.05) is 12.2 Å². The van der Waals surface area contributed by atoms with Crippen molar-refractivity contribution in [2.45, 2.75) is 26.7 Å². The molecular weight excluding hydrogens is 210 g/mol. The van der Waals surface area contributed by atoms with Gasteiger partial charge in [-0.25, -0.2) is 0 Å². The number of rotatable bonds is 2. The Labute approximate surface area is 103 Å². The molecule has 2 rings (SSSR count). The second kappa shape index (κ2) is 4.66. The summed E-state index contributed by atoms with van der Waals surface area (Å²) in [7, 11) is 0. The van der Waals surface area contributed by atoms with Crippen LogP contribution in [0.4, 0.5) is 0 Å². The molecule has 0 amide bonds. The van der Waals surface area contributed by atoms with Gasteiger partial charge >= 0.3 is 0 Å². The zero-order valence-electron chi connectivity index (χ0n) is 10.4. The molecule has 90 valence electrons. The normalized spacial score (nSPS) is 28.5. The predicted molar refractivity (Wildman–Crippen MR) is 70.8 cm³/mol. The van der Waals surface area contributed by atoms with Crippen LogP contribution in [0.25, 0.3) is 0 Å². The molecule has 2 nitrogen and oxygen atoms in total. The molecule has 1 aliphatic carbocycles. The lowest BCUT2D eigenvalue weighted by Gasteiger charge is -2.25. The topological polar surface area (TPSA) is 35.2 Å². The van der Waals surface area contributed by atoms with Crippen LogP contribution in [-0.2, 0) is 4.74 Å². The second-order valence-corrected chi connectivity index (χ2v) is 4.88. The minimum absolute atomic E-state index is 0.00501. The third-order valence-electron chi connectivity index (χ3n) is 3.09. The molecule has 2 aliphatic rings. The molecule has 17 heavy (non-hydrogen) atoms. The fourth-order valence-electron chi connectivity index (χ4n) is 1.96. The highest BCUT2D eigenvalue weighted by molar-refractivity contribution is 5.33. The van der Waals surface area contributed by atoms with Gasteiger partial charge in [-0.05, 0) is 38.0 Å². The Hall–Kier alpha value is -1.70. The fourth-order valence-corrected chi connectivity index (χ4v) is 1.96. The fraction of sp³-hybridized carbons (Fsp3) is 0.333. The van der Waals surface area contributed by atoms with Crippen LogP contribution in [0.2, 0.25) is 0 Å². The van der Waals surface area contributed by atoms with E-state index >= 15 is 0 Å². The van der Waals surface area contributed by atoms with Crippen molar-refractivity contribution >= 4 is 0 Å². The molecule has 0 aromatic heterocycles. The van der Waals surface area contributed by atoms with Gasteiger partial charge in [0, 0.05) is 5.41 Å². The first-order valence-electron chi connectivity index (χ1n) is 5.96. The molecule has 0 aromatic carbocycles. The summed E-state index contributed by atoms with van der Waals surface area (Å²) in [5.41, 5.74) is 8.10. The van der Waals surface area contributed by atoms with Gasteiger partial charge in [0.05, 0.1) is 12.0 Å². The first-order valence-corrected chi connectivity index (χ1v) is 5.96. The molecule has 2 N–H and O–H groups in total. The number of allylic oxidation sites excluding steroid dienone is 7. The van der Waals surface area contributed by atoms with Crippen molar-refractivity contribution in [1.82, 2.24) is 0 Å². The second-order valence-electron chi connectivity index (χ2n) is 4.88. The summed E-state index contributed by atoms with van der Waals surface area (Å²) in [6.45, 7) is 4.29. The van der Waals surface area contributed by atoms with Crippen LogP contribution in [0, 0.1) is 5.41 Å². The summed E-state index contributed by atoms with van der Waals surface area (Å²) < 4.78 is 5.40. The molecule has 0 radical (unpaired) electrons. The average Bonchev–Trinajstić information content (AvgIpc) is 2.34. The van der Waals surface area contributed by atoms with Crippen LogP contribution in [0.5, 0.6) is 0 Å². The van der Waals surface area contributed by atoms with Gasteiger partial charge in [0.1, 0.15) is 5.76 Å². The first-order chi connectivity index (χ1) is 8.09. The Morgan fingerprint density at radius 1 is 1.47 bits per heavy atom. The Morgan fingerprint density at radius 3 is 2.88 bits per heavy atom. The molecule has 0 spiro atoms. The smallest absolute Gasteiger partial charge is 0.145 e. The summed E-state index contributed by atoms with van der Waals surface area (Å²) in [5.74, 6) is 0.772. The van der Waals surface area contributed by atoms with Crippen LogP contribution >= 0.6 is 0 Å². The van der Waals surface area contributed by atoms with Crippen LogP contribution < -0.4 is 5.73 Å². The SMILES string of the molecule is CC1=CCC(C)(C=C(N)C2=CCC=CO2)C=C1. The monoisotopic (exact) mass is 229 g/mol. The van der Waals surface area contributed by atoms with E-state index in [0.717, 1.165) is 24.3 Å². The van der Waals surface area contributed by atoms with Crippen molar-refractivity contribution in [3.8, 4) is 0 Å². The zero-order valence-corrected chi connectivity index (χ0v) is 10.4. The summed E-state index contributed by atoms with van der Waals surface area (Å²) in [6.07, 6.45) is 16.2. The quantitative estimate of drug-likeness (QED) is 0.785. The number of nitrogens with two attached hydrogens (primary N) is 1. The summed E-state index contributed by atoms with van der Waals surface area (Å²) in [4.78, 5) is 0. The predicted octanol–water partition coefficient (Wildman–Crippen LogP) is 3.56. The Balaban J connectivity index is 2.14. The van der Waals surface area contributed by atoms with Gasteiger partial charge in [0.15, 0.2) is 0 Å². The third-order valence-corrected chi connectivity index (χ3v) is 3.09. The standard InChI is InChI=1S/C15H19NO/c1-12-6-8-15(2,9-7-12)11-13(16)14-5-3-4-10-17-14/h4-8,10-11H,3,9,16H2,1-2H3. The molecule has 0 saturated heterocycles. The molecule has 1 heterocycles. The molecule has 1 unspecified atom stereocenters. The molecule has 1 atom stereocenters. The highest BCUT2D eigenvalue weighted by Gasteiger charge is 2.20. The minimum atomic E-state index is -0.00501. The van der Waals surface area contributed by atoms with Crippen molar-refractivity contribution in [1.29, 1.82) is 0 Å². The van der Waals surface area contributed by atoms with E-state index in [1.165, 1.54) is 5.57 Å². The minimum Gasteiger partial charge on any atom is -0.464 e. The first kappa shape index (κ1) is 11.8. The maximum atomic E-state index is 6.08. The summed E-state index contributed by atoms with van der Waals surface area (Å²) in [6, 6.07) is 0. The van der Waals surface area contributed by atoms with Gasteiger partial charge in [-0.1, -0.05) is 30.7 Å². The van der Waals surface area contributed by atoms with Crippen LogP contribution in [0.1, 0.15) is 26.7 Å². The van der Waals surface area contributed by atoms with E-state index < -0.39 is 0 Å². The molecule has 0 fully saturated rings. The van der Waals surface area contributed by atoms with Gasteiger partial charge in [-0.3, -0.25) is 0 Å². The highest BCUT2D eigenvalue weighted by Crippen LogP contribution is 2.32. The van der Waals surface area contributed by atoms with Crippen LogP contribution in [-0.4, -0.2) is 0 Å². The number of ether oxygens (including phenoxy) is 1. The molecule has 0 saturated carbocycles. The van der Waals surface area contributed by atoms with Gasteiger partial charge in [-0.2, -0.15) is 0 Å². The van der Waals surface area contributed by atoms with Crippen molar-refractivity contribution in [2.75, 3.05) is 0 Å². The Morgan fingerprint density at radius 2 is 2.29 bits per heavy atom. The van der Waals surface area contributed by atoms with Gasteiger partial charge in [0.2, 0.25) is 0 Å². The lowest BCUT2D eigenvalue weighted by atomic mass is 9.81. The van der Waals surface area contributed by atoms with Crippen LogP contribution in [0.15, 0.2) is 59.7 Å². The molecular formula is C15H19NO. The van der Waals surface area contributed by atoms with E-state index in [2.05, 4.69) is 38.2 Å². The summed E-state index contributed by atoms with van der Waals surface area (Å²) in [5, 5.41) is 0. The lowest BCUT2D eigenvalue weighted by molar-refractivity contribution is 0.349. The van der Waals surface area contributed by atoms with Crippen molar-refractivity contribution < 1.29 is 4.74 Å². The van der Waals surface area contributed by atoms with Gasteiger partial charge in [-0.15, -0.1) is 0 Å². The molecule has 0 bridgehead atoms. The average molecular weight is 229 g/mol. The van der Waals surface area contributed by atoms with E-state index in [-0.39, 0.29) is 5.41 Å². The van der Waals surface area contributed by atoms with Gasteiger partial charge in [0.25, 0.3) is 0 Å². The largest absolute Gasteiger partial charge is 0.464 e. The maximum Gasteiger partial charge on any atom is 0.145 e. The van der Waals surface area contributed by atoms with Crippen molar-refractivity contribution in [2.24, 2.45) is 11.1 Å². The molecule has 0 aromatic rings. The third kappa shape index (κ3) is 2.90. The molecule has 1 aliphatic heterocycles. The van der Waals surface area contributed by atoms with Crippen LogP contribution in [0.3, 0.4) is 0 Å². The van der Waals surface area contributed by atoms with E-state index in [4.69, 9.17) is 10.5 Å². The Kier molecular flexibility index (Phi) is 3.23. The zero-order chi connectivity index (χ0) is 12.3. The van der Waals surface area contributed by atoms with Gasteiger partial charge < -0.3 is 10.5 Å². The highest BCUT2D eigenvalue weighted by atomic mass is 16.5. The van der Waals surface area contributed by atoms with Crippen molar-refractivity contribution in [3.05, 3.63) is 59.7 Å². The lowest BCUT2D eigenvalue weighted by Crippen LogP contribution is -2.16. The maximum absolute atomic E-state index is 6.08. The van der Waals surface area contributed by atoms with E-state index in [1.54, 1.807) is 6.26 Å².